The van der Waals surface area contributed by atoms with E-state index in [1.54, 1.807) is 31.2 Å². The van der Waals surface area contributed by atoms with Crippen LogP contribution in [0.1, 0.15) is 30.1 Å². The number of thiocarbonyl (C=S) groups is 1. The van der Waals surface area contributed by atoms with Crippen molar-refractivity contribution in [2.75, 3.05) is 19.0 Å². The molecule has 0 aliphatic rings. The Morgan fingerprint density at radius 3 is 2.35 bits per heavy atom. The minimum Gasteiger partial charge on any atom is -0.466 e. The molecule has 0 fully saturated rings. The van der Waals surface area contributed by atoms with Crippen LogP contribution in [0, 0.1) is 0 Å². The number of carbonyl (C=O) groups excluding carboxylic acids is 3. The molecule has 0 atom stereocenters. The van der Waals surface area contributed by atoms with Crippen LogP contribution in [0.2, 0.25) is 0 Å². The molecule has 1 aromatic rings. The molecular formula is C15H18N2O5S. The lowest BCUT2D eigenvalue weighted by Crippen LogP contribution is -2.34. The van der Waals surface area contributed by atoms with Gasteiger partial charge in [-0.3, -0.25) is 9.59 Å². The molecule has 0 aromatic heterocycles. The largest absolute Gasteiger partial charge is 0.466 e. The Morgan fingerprint density at radius 2 is 1.78 bits per heavy atom. The minimum atomic E-state index is -0.439. The van der Waals surface area contributed by atoms with Crippen molar-refractivity contribution >= 4 is 40.9 Å². The molecule has 0 heterocycles. The molecule has 1 amide bonds. The molecule has 124 valence electrons. The van der Waals surface area contributed by atoms with E-state index >= 15 is 0 Å². The zero-order valence-electron chi connectivity index (χ0n) is 12.9. The summed E-state index contributed by atoms with van der Waals surface area (Å²) >= 11 is 5.00. The first-order valence-electron chi connectivity index (χ1n) is 6.91. The van der Waals surface area contributed by atoms with Crippen LogP contribution in [0.3, 0.4) is 0 Å². The first-order valence-corrected chi connectivity index (χ1v) is 7.32. The first kappa shape index (κ1) is 18.6. The lowest BCUT2D eigenvalue weighted by atomic mass is 10.2. The van der Waals surface area contributed by atoms with Crippen molar-refractivity contribution in [3.8, 4) is 0 Å². The molecule has 2 N–H and O–H groups in total. The number of methoxy groups -OCH3 is 1. The molecular weight excluding hydrogens is 320 g/mol. The summed E-state index contributed by atoms with van der Waals surface area (Å²) in [6, 6.07) is 6.39. The zero-order chi connectivity index (χ0) is 17.2. The van der Waals surface area contributed by atoms with Crippen molar-refractivity contribution in [2.24, 2.45) is 0 Å². The molecule has 23 heavy (non-hydrogen) atoms. The van der Waals surface area contributed by atoms with Crippen LogP contribution in [0.15, 0.2) is 24.3 Å². The average molecular weight is 338 g/mol. The van der Waals surface area contributed by atoms with E-state index in [9.17, 15) is 14.4 Å². The maximum atomic E-state index is 11.6. The summed E-state index contributed by atoms with van der Waals surface area (Å²) in [4.78, 5) is 34.1. The fourth-order valence-corrected chi connectivity index (χ4v) is 1.84. The van der Waals surface area contributed by atoms with Gasteiger partial charge in [0.1, 0.15) is 0 Å². The number of nitrogens with one attached hydrogen (secondary N) is 2. The number of hydrogen-bond acceptors (Lipinski definition) is 6. The molecule has 0 saturated heterocycles. The molecule has 0 aliphatic heterocycles. The fraction of sp³-hybridized carbons (Fsp3) is 0.333. The van der Waals surface area contributed by atoms with Crippen LogP contribution >= 0.6 is 12.2 Å². The summed E-state index contributed by atoms with van der Waals surface area (Å²) in [6.07, 6.45) is -0.0158. The Morgan fingerprint density at radius 1 is 1.13 bits per heavy atom. The second-order valence-corrected chi connectivity index (χ2v) is 4.78. The van der Waals surface area contributed by atoms with Gasteiger partial charge < -0.3 is 20.1 Å². The summed E-state index contributed by atoms with van der Waals surface area (Å²) < 4.78 is 9.32. The highest BCUT2D eigenvalue weighted by molar-refractivity contribution is 7.80. The highest BCUT2D eigenvalue weighted by Gasteiger charge is 2.09. The Kier molecular flexibility index (Phi) is 7.69. The van der Waals surface area contributed by atoms with Gasteiger partial charge in [0.2, 0.25) is 5.91 Å². The van der Waals surface area contributed by atoms with Crippen molar-refractivity contribution in [2.45, 2.75) is 19.8 Å². The van der Waals surface area contributed by atoms with E-state index in [1.165, 1.54) is 7.11 Å². The normalized spacial score (nSPS) is 9.65. The number of esters is 2. The van der Waals surface area contributed by atoms with Crippen LogP contribution in [-0.4, -0.2) is 36.7 Å². The van der Waals surface area contributed by atoms with Crippen LogP contribution in [0.5, 0.6) is 0 Å². The third-order valence-electron chi connectivity index (χ3n) is 2.68. The lowest BCUT2D eigenvalue weighted by molar-refractivity contribution is -0.144. The van der Waals surface area contributed by atoms with Crippen molar-refractivity contribution < 1.29 is 23.9 Å². The number of rotatable bonds is 6. The maximum absolute atomic E-state index is 11.6. The van der Waals surface area contributed by atoms with Crippen LogP contribution in [0.25, 0.3) is 0 Å². The number of anilines is 1. The topological polar surface area (TPSA) is 93.7 Å². The predicted octanol–water partition coefficient (Wildman–Crippen LogP) is 1.63. The van der Waals surface area contributed by atoms with Gasteiger partial charge in [0.05, 0.1) is 25.7 Å². The van der Waals surface area contributed by atoms with Gasteiger partial charge in [0.25, 0.3) is 0 Å². The maximum Gasteiger partial charge on any atom is 0.337 e. The van der Waals surface area contributed by atoms with Crippen molar-refractivity contribution in [3.63, 3.8) is 0 Å². The monoisotopic (exact) mass is 338 g/mol. The van der Waals surface area contributed by atoms with E-state index in [0.717, 1.165) is 0 Å². The second kappa shape index (κ2) is 9.52. The van der Waals surface area contributed by atoms with Gasteiger partial charge in [-0.15, -0.1) is 0 Å². The predicted molar refractivity (Wildman–Crippen MR) is 88.0 cm³/mol. The molecule has 0 aliphatic carbocycles. The molecule has 1 rings (SSSR count). The smallest absolute Gasteiger partial charge is 0.337 e. The average Bonchev–Trinajstić information content (AvgIpc) is 2.53. The molecule has 0 radical (unpaired) electrons. The van der Waals surface area contributed by atoms with E-state index in [0.29, 0.717) is 11.3 Å². The minimum absolute atomic E-state index is 0.00386. The van der Waals surface area contributed by atoms with Gasteiger partial charge >= 0.3 is 11.9 Å². The van der Waals surface area contributed by atoms with E-state index < -0.39 is 11.9 Å². The Labute approximate surface area is 139 Å². The Hall–Kier alpha value is -2.48. The van der Waals surface area contributed by atoms with E-state index in [-0.39, 0.29) is 30.5 Å². The summed E-state index contributed by atoms with van der Waals surface area (Å²) in [6.45, 7) is 1.98. The van der Waals surface area contributed by atoms with E-state index in [1.807, 2.05) is 0 Å². The third-order valence-corrected chi connectivity index (χ3v) is 2.88. The quantitative estimate of drug-likeness (QED) is 0.601. The Balaban J connectivity index is 2.42. The molecule has 0 unspecified atom stereocenters. The first-order chi connectivity index (χ1) is 11.0. The van der Waals surface area contributed by atoms with Gasteiger partial charge in [0, 0.05) is 12.1 Å². The number of benzene rings is 1. The number of amides is 1. The molecule has 0 spiro atoms. The second-order valence-electron chi connectivity index (χ2n) is 4.38. The lowest BCUT2D eigenvalue weighted by Gasteiger charge is -2.10. The van der Waals surface area contributed by atoms with Gasteiger partial charge in [-0.2, -0.15) is 0 Å². The highest BCUT2D eigenvalue weighted by atomic mass is 32.1. The van der Waals surface area contributed by atoms with Crippen molar-refractivity contribution in [1.29, 1.82) is 0 Å². The van der Waals surface area contributed by atoms with Crippen LogP contribution < -0.4 is 10.6 Å². The van der Waals surface area contributed by atoms with Crippen molar-refractivity contribution in [1.82, 2.24) is 5.32 Å². The van der Waals surface area contributed by atoms with Crippen molar-refractivity contribution in [3.05, 3.63) is 29.8 Å². The number of ether oxygens (including phenoxy) is 2. The fourth-order valence-electron chi connectivity index (χ4n) is 1.61. The summed E-state index contributed by atoms with van der Waals surface area (Å²) in [5.41, 5.74) is 1.01. The molecule has 7 nitrogen and oxygen atoms in total. The standard InChI is InChI=1S/C15H18N2O5S/c1-3-22-13(19)9-8-12(18)17-15(23)16-11-6-4-10(5-7-11)14(20)21-2/h4-7H,3,8-9H2,1-2H3,(H2,16,17,18,23). The summed E-state index contributed by atoms with van der Waals surface area (Å²) in [5, 5.41) is 5.36. The molecule has 0 bridgehead atoms. The van der Waals surface area contributed by atoms with E-state index in [2.05, 4.69) is 15.4 Å². The van der Waals surface area contributed by atoms with Crippen LogP contribution in [0.4, 0.5) is 5.69 Å². The third kappa shape index (κ3) is 6.88. The Bertz CT molecular complexity index is 586. The van der Waals surface area contributed by atoms with E-state index in [4.69, 9.17) is 17.0 Å². The van der Waals surface area contributed by atoms with Gasteiger partial charge in [0.15, 0.2) is 5.11 Å². The molecule has 8 heteroatoms. The SMILES string of the molecule is CCOC(=O)CCC(=O)NC(=S)Nc1ccc(C(=O)OC)cc1. The zero-order valence-corrected chi connectivity index (χ0v) is 13.7. The summed E-state index contributed by atoms with van der Waals surface area (Å²) in [7, 11) is 1.30. The summed E-state index contributed by atoms with van der Waals surface area (Å²) in [5.74, 6) is -1.26. The van der Waals surface area contributed by atoms with Gasteiger partial charge in [-0.1, -0.05) is 0 Å². The number of hydrogen-bond donors (Lipinski definition) is 2. The molecule has 1 aromatic carbocycles. The van der Waals surface area contributed by atoms with Crippen LogP contribution in [-0.2, 0) is 19.1 Å². The number of carbonyl (C=O) groups is 3. The van der Waals surface area contributed by atoms with Gasteiger partial charge in [-0.05, 0) is 43.4 Å². The van der Waals surface area contributed by atoms with Gasteiger partial charge in [-0.25, -0.2) is 4.79 Å². The highest BCUT2D eigenvalue weighted by Crippen LogP contribution is 2.10. The molecule has 0 saturated carbocycles.